The minimum Gasteiger partial charge on any atom is -0.462 e. The first kappa shape index (κ1) is 52.4. The van der Waals surface area contributed by atoms with Crippen molar-refractivity contribution in [1.29, 1.82) is 0 Å². The van der Waals surface area contributed by atoms with Crippen LogP contribution in [0, 0.1) is 11.8 Å². The van der Waals surface area contributed by atoms with E-state index in [1.165, 1.54) is 148 Å². The van der Waals surface area contributed by atoms with Gasteiger partial charge in [0.15, 0.2) is 6.10 Å². The molecule has 0 heterocycles. The monoisotopic (exact) mass is 765 g/mol. The maximum atomic E-state index is 12.6. The van der Waals surface area contributed by atoms with Crippen LogP contribution in [-0.2, 0) is 28.6 Å². The lowest BCUT2D eigenvalue weighted by Gasteiger charge is -2.18. The van der Waals surface area contributed by atoms with Gasteiger partial charge in [0, 0.05) is 19.3 Å². The summed E-state index contributed by atoms with van der Waals surface area (Å²) in [6.45, 7) is 11.3. The van der Waals surface area contributed by atoms with Gasteiger partial charge in [-0.3, -0.25) is 14.4 Å². The Balaban J connectivity index is 4.21. The quantitative estimate of drug-likeness (QED) is 0.0350. The van der Waals surface area contributed by atoms with Crippen molar-refractivity contribution in [2.75, 3.05) is 13.2 Å². The maximum absolute atomic E-state index is 12.6. The molecule has 0 aromatic heterocycles. The summed E-state index contributed by atoms with van der Waals surface area (Å²) in [5, 5.41) is 0. The van der Waals surface area contributed by atoms with Crippen LogP contribution in [-0.4, -0.2) is 37.2 Å². The summed E-state index contributed by atoms with van der Waals surface area (Å²) in [6, 6.07) is 0. The average Bonchev–Trinajstić information content (AvgIpc) is 3.14. The van der Waals surface area contributed by atoms with Crippen LogP contribution in [0.5, 0.6) is 0 Å². The SMILES string of the molecule is CCCCCCCCCC(=O)O[C@H](COC(=O)CCCCCCCCCCCCCCC(C)C)COC(=O)CCCCCCCCCCCCCC(C)C. The number of unbranched alkanes of at least 4 members (excludes halogenated alkanes) is 27. The Morgan fingerprint density at radius 3 is 0.907 bits per heavy atom. The van der Waals surface area contributed by atoms with E-state index in [1.54, 1.807) is 0 Å². The van der Waals surface area contributed by atoms with Crippen LogP contribution in [0.25, 0.3) is 0 Å². The van der Waals surface area contributed by atoms with Crippen molar-refractivity contribution in [3.63, 3.8) is 0 Å². The second-order valence-electron chi connectivity index (χ2n) is 17.3. The Labute approximate surface area is 336 Å². The summed E-state index contributed by atoms with van der Waals surface area (Å²) in [5.41, 5.74) is 0. The van der Waals surface area contributed by atoms with Gasteiger partial charge in [0.05, 0.1) is 0 Å². The first-order valence-electron chi connectivity index (χ1n) is 23.7. The lowest BCUT2D eigenvalue weighted by atomic mass is 10.0. The largest absolute Gasteiger partial charge is 0.462 e. The van der Waals surface area contributed by atoms with E-state index in [1.807, 2.05) is 0 Å². The Morgan fingerprint density at radius 1 is 0.352 bits per heavy atom. The molecule has 0 saturated carbocycles. The molecular formula is C48H92O6. The van der Waals surface area contributed by atoms with Gasteiger partial charge in [-0.25, -0.2) is 0 Å². The number of hydrogen-bond acceptors (Lipinski definition) is 6. The Morgan fingerprint density at radius 2 is 0.611 bits per heavy atom. The van der Waals surface area contributed by atoms with Crippen molar-refractivity contribution in [2.24, 2.45) is 11.8 Å². The number of hydrogen-bond donors (Lipinski definition) is 0. The van der Waals surface area contributed by atoms with Crippen molar-refractivity contribution >= 4 is 17.9 Å². The Hall–Kier alpha value is -1.59. The summed E-state index contributed by atoms with van der Waals surface area (Å²) in [6.07, 6.45) is 39.6. The highest BCUT2D eigenvalue weighted by Crippen LogP contribution is 2.17. The van der Waals surface area contributed by atoms with Gasteiger partial charge in [-0.15, -0.1) is 0 Å². The van der Waals surface area contributed by atoms with Crippen molar-refractivity contribution < 1.29 is 28.6 Å². The average molecular weight is 765 g/mol. The van der Waals surface area contributed by atoms with Crippen molar-refractivity contribution in [3.8, 4) is 0 Å². The molecule has 0 fully saturated rings. The molecule has 54 heavy (non-hydrogen) atoms. The molecule has 0 N–H and O–H groups in total. The van der Waals surface area contributed by atoms with Crippen molar-refractivity contribution in [1.82, 2.24) is 0 Å². The molecule has 0 rings (SSSR count). The smallest absolute Gasteiger partial charge is 0.306 e. The predicted molar refractivity (Wildman–Crippen MR) is 229 cm³/mol. The van der Waals surface area contributed by atoms with Crippen molar-refractivity contribution in [3.05, 3.63) is 0 Å². The van der Waals surface area contributed by atoms with E-state index >= 15 is 0 Å². The van der Waals surface area contributed by atoms with Gasteiger partial charge in [0.2, 0.25) is 0 Å². The molecular weight excluding hydrogens is 673 g/mol. The van der Waals surface area contributed by atoms with Crippen molar-refractivity contribution in [2.45, 2.75) is 265 Å². The summed E-state index contributed by atoms with van der Waals surface area (Å²) in [5.74, 6) is 0.800. The van der Waals surface area contributed by atoms with Gasteiger partial charge in [0.1, 0.15) is 13.2 Å². The normalized spacial score (nSPS) is 12.1. The highest BCUT2D eigenvalue weighted by Gasteiger charge is 2.19. The molecule has 0 saturated heterocycles. The molecule has 0 aromatic carbocycles. The molecule has 0 spiro atoms. The highest BCUT2D eigenvalue weighted by atomic mass is 16.6. The van der Waals surface area contributed by atoms with E-state index < -0.39 is 6.10 Å². The molecule has 0 radical (unpaired) electrons. The van der Waals surface area contributed by atoms with E-state index in [9.17, 15) is 14.4 Å². The van der Waals surface area contributed by atoms with Gasteiger partial charge in [-0.05, 0) is 31.1 Å². The second-order valence-corrected chi connectivity index (χ2v) is 17.3. The number of ether oxygens (including phenoxy) is 3. The Bertz CT molecular complexity index is 824. The topological polar surface area (TPSA) is 78.9 Å². The zero-order valence-electron chi connectivity index (χ0n) is 36.8. The van der Waals surface area contributed by atoms with Crippen LogP contribution in [0.2, 0.25) is 0 Å². The molecule has 1 atom stereocenters. The maximum Gasteiger partial charge on any atom is 0.306 e. The molecule has 0 bridgehead atoms. The highest BCUT2D eigenvalue weighted by molar-refractivity contribution is 5.71. The van der Waals surface area contributed by atoms with Crippen LogP contribution in [0.15, 0.2) is 0 Å². The van der Waals surface area contributed by atoms with Gasteiger partial charge < -0.3 is 14.2 Å². The molecule has 0 aliphatic rings. The zero-order valence-corrected chi connectivity index (χ0v) is 36.8. The lowest BCUT2D eigenvalue weighted by Crippen LogP contribution is -2.30. The number of carbonyl (C=O) groups excluding carboxylic acids is 3. The third-order valence-corrected chi connectivity index (χ3v) is 10.7. The minimum atomic E-state index is -0.759. The van der Waals surface area contributed by atoms with E-state index in [4.69, 9.17) is 14.2 Å². The summed E-state index contributed by atoms with van der Waals surface area (Å²) < 4.78 is 16.7. The van der Waals surface area contributed by atoms with Gasteiger partial charge in [0.25, 0.3) is 0 Å². The fourth-order valence-electron chi connectivity index (χ4n) is 7.11. The number of esters is 3. The van der Waals surface area contributed by atoms with E-state index in [-0.39, 0.29) is 31.1 Å². The first-order chi connectivity index (χ1) is 26.2. The van der Waals surface area contributed by atoms with E-state index in [0.717, 1.165) is 69.6 Å². The molecule has 0 aromatic rings. The van der Waals surface area contributed by atoms with Crippen LogP contribution in [0.1, 0.15) is 259 Å². The molecule has 6 heteroatoms. The summed E-state index contributed by atoms with van der Waals surface area (Å²) in [7, 11) is 0. The van der Waals surface area contributed by atoms with Gasteiger partial charge in [-0.2, -0.15) is 0 Å². The van der Waals surface area contributed by atoms with Gasteiger partial charge >= 0.3 is 17.9 Å². The van der Waals surface area contributed by atoms with E-state index in [0.29, 0.717) is 19.3 Å². The van der Waals surface area contributed by atoms with Crippen LogP contribution < -0.4 is 0 Å². The number of carbonyl (C=O) groups is 3. The predicted octanol–water partition coefficient (Wildman–Crippen LogP) is 15.0. The molecule has 0 amide bonds. The lowest BCUT2D eigenvalue weighted by molar-refractivity contribution is -0.167. The molecule has 0 aliphatic carbocycles. The van der Waals surface area contributed by atoms with Crippen LogP contribution >= 0.6 is 0 Å². The zero-order chi connectivity index (χ0) is 39.7. The minimum absolute atomic E-state index is 0.0649. The molecule has 320 valence electrons. The molecule has 0 unspecified atom stereocenters. The Kier molecular flexibility index (Phi) is 39.8. The third kappa shape index (κ3) is 41.6. The van der Waals surface area contributed by atoms with Crippen LogP contribution in [0.4, 0.5) is 0 Å². The number of rotatable bonds is 42. The summed E-state index contributed by atoms with van der Waals surface area (Å²) >= 11 is 0. The van der Waals surface area contributed by atoms with Gasteiger partial charge in [-0.1, -0.05) is 221 Å². The third-order valence-electron chi connectivity index (χ3n) is 10.7. The standard InChI is InChI=1S/C48H92O6/c1-6-7-8-9-21-30-35-40-48(51)54-45(42-53-47(50)39-34-29-25-20-16-12-14-18-23-27-32-37-44(4)5)41-52-46(49)38-33-28-24-19-15-11-10-13-17-22-26-31-36-43(2)3/h43-45H,6-42H2,1-5H3/t45-/m1/s1. The fraction of sp³-hybridized carbons (Fsp3) is 0.938. The summed E-state index contributed by atoms with van der Waals surface area (Å²) in [4.78, 5) is 37.6. The fourth-order valence-corrected chi connectivity index (χ4v) is 7.11. The molecule has 0 aliphatic heterocycles. The first-order valence-corrected chi connectivity index (χ1v) is 23.7. The second kappa shape index (κ2) is 41.1. The molecule has 6 nitrogen and oxygen atoms in total. The van der Waals surface area contributed by atoms with Crippen LogP contribution in [0.3, 0.4) is 0 Å². The van der Waals surface area contributed by atoms with E-state index in [2.05, 4.69) is 34.6 Å².